The molecule has 1 N–H and O–H groups in total. The number of carbonyl (C=O) groups excluding carboxylic acids is 1. The second-order valence-electron chi connectivity index (χ2n) is 7.35. The van der Waals surface area contributed by atoms with Crippen molar-refractivity contribution in [3.05, 3.63) is 101 Å². The van der Waals surface area contributed by atoms with Crippen LogP contribution in [0.5, 0.6) is 5.75 Å². The molecule has 0 unspecified atom stereocenters. The van der Waals surface area contributed by atoms with Gasteiger partial charge in [-0.1, -0.05) is 95.0 Å². The minimum Gasteiger partial charge on any atom is -0.483 e. The molecule has 7 heteroatoms. The van der Waals surface area contributed by atoms with E-state index in [1.165, 1.54) is 0 Å². The zero-order valence-corrected chi connectivity index (χ0v) is 20.8. The first-order valence-electron chi connectivity index (χ1n) is 10.2. The lowest BCUT2D eigenvalue weighted by molar-refractivity contribution is -0.139. The van der Waals surface area contributed by atoms with E-state index in [0.717, 1.165) is 20.6 Å². The molecule has 0 saturated heterocycles. The third-order valence-electron chi connectivity index (χ3n) is 5.31. The van der Waals surface area contributed by atoms with Crippen LogP contribution in [0.25, 0.3) is 0 Å². The van der Waals surface area contributed by atoms with Crippen molar-refractivity contribution in [3.8, 4) is 5.75 Å². The number of rotatable bonds is 7. The van der Waals surface area contributed by atoms with Crippen LogP contribution in [0.1, 0.15) is 18.5 Å². The highest BCUT2D eigenvalue weighted by atomic mass is 79.9. The summed E-state index contributed by atoms with van der Waals surface area (Å²) in [6, 6.07) is 25.6. The molecule has 3 aromatic rings. The Kier molecular flexibility index (Phi) is 6.96. The number of halogens is 1. The first-order valence-corrected chi connectivity index (χ1v) is 13.8. The molecule has 0 bridgehead atoms. The second kappa shape index (κ2) is 9.72. The molecule has 3 aromatic carbocycles. The van der Waals surface area contributed by atoms with Crippen LogP contribution >= 0.6 is 22.1 Å². The molecule has 0 radical (unpaired) electrons. The van der Waals surface area contributed by atoms with E-state index in [1.807, 2.05) is 78.9 Å². The molecule has 0 amide bonds. The highest BCUT2D eigenvalue weighted by Crippen LogP contribution is 2.48. The number of ether oxygens (including phenoxy) is 2. The number of hydrogen-bond acceptors (Lipinski definition) is 4. The standard InChI is InChI=1S/C25H23BrNO3PS/c1-3-29-25(28)17(2)24-23(21-16-18(26)14-15-22(21)30-24)27-31(32,19-10-6-4-7-11-19)20-12-8-5-9-13-20/h4-16,23-24H,2-3H2,1H3,(H,27,32)/t23-,24+/m0/s1. The summed E-state index contributed by atoms with van der Waals surface area (Å²) >= 11 is 9.93. The van der Waals surface area contributed by atoms with E-state index in [0.29, 0.717) is 5.75 Å². The summed E-state index contributed by atoms with van der Waals surface area (Å²) in [7, 11) is 0. The molecule has 0 aliphatic carbocycles. The number of carbonyl (C=O) groups is 1. The van der Waals surface area contributed by atoms with Crippen LogP contribution in [0.15, 0.2) is 95.5 Å². The Labute approximate surface area is 201 Å². The Morgan fingerprint density at radius 2 is 1.69 bits per heavy atom. The van der Waals surface area contributed by atoms with E-state index in [1.54, 1.807) is 6.92 Å². The Morgan fingerprint density at radius 3 is 2.25 bits per heavy atom. The van der Waals surface area contributed by atoms with Crippen molar-refractivity contribution in [2.75, 3.05) is 6.61 Å². The van der Waals surface area contributed by atoms with E-state index in [4.69, 9.17) is 21.3 Å². The number of fused-ring (bicyclic) bond motifs is 1. The average Bonchev–Trinajstić information content (AvgIpc) is 3.17. The molecule has 1 aliphatic heterocycles. The van der Waals surface area contributed by atoms with E-state index in [2.05, 4.69) is 27.6 Å². The van der Waals surface area contributed by atoms with E-state index < -0.39 is 18.3 Å². The molecule has 0 fully saturated rings. The van der Waals surface area contributed by atoms with E-state index >= 15 is 0 Å². The summed E-state index contributed by atoms with van der Waals surface area (Å²) < 4.78 is 12.3. The summed E-state index contributed by atoms with van der Waals surface area (Å²) in [6.45, 7) is 6.06. The van der Waals surface area contributed by atoms with Crippen molar-refractivity contribution >= 4 is 50.5 Å². The first-order chi connectivity index (χ1) is 15.4. The van der Waals surface area contributed by atoms with Gasteiger partial charge in [-0.15, -0.1) is 0 Å². The molecular weight excluding hydrogens is 505 g/mol. The van der Waals surface area contributed by atoms with Gasteiger partial charge in [-0.2, -0.15) is 0 Å². The molecule has 4 nitrogen and oxygen atoms in total. The summed E-state index contributed by atoms with van der Waals surface area (Å²) in [5, 5.41) is 5.81. The monoisotopic (exact) mass is 527 g/mol. The quantitative estimate of drug-likeness (QED) is 0.266. The Balaban J connectivity index is 1.81. The van der Waals surface area contributed by atoms with Crippen molar-refractivity contribution in [3.63, 3.8) is 0 Å². The number of esters is 1. The number of benzene rings is 3. The van der Waals surface area contributed by atoms with Gasteiger partial charge < -0.3 is 9.47 Å². The van der Waals surface area contributed by atoms with Crippen LogP contribution in [-0.2, 0) is 21.3 Å². The number of nitrogens with one attached hydrogen (secondary N) is 1. The van der Waals surface area contributed by atoms with Gasteiger partial charge in [-0.05, 0) is 25.1 Å². The average molecular weight is 528 g/mol. The third-order valence-corrected chi connectivity index (χ3v) is 10.1. The van der Waals surface area contributed by atoms with Crippen molar-refractivity contribution in [2.24, 2.45) is 0 Å². The lowest BCUT2D eigenvalue weighted by Crippen LogP contribution is -2.37. The Morgan fingerprint density at radius 1 is 1.09 bits per heavy atom. The summed E-state index contributed by atoms with van der Waals surface area (Å²) in [5.41, 5.74) is 1.19. The molecule has 1 aliphatic rings. The van der Waals surface area contributed by atoms with Gasteiger partial charge in [0.25, 0.3) is 0 Å². The first kappa shape index (κ1) is 22.9. The van der Waals surface area contributed by atoms with Gasteiger partial charge in [-0.3, -0.25) is 5.09 Å². The minimum atomic E-state index is -2.47. The van der Waals surface area contributed by atoms with Crippen LogP contribution in [-0.4, -0.2) is 18.7 Å². The van der Waals surface area contributed by atoms with Crippen LogP contribution in [0.4, 0.5) is 0 Å². The predicted octanol–water partition coefficient (Wildman–Crippen LogP) is 5.01. The van der Waals surface area contributed by atoms with Gasteiger partial charge in [0.05, 0.1) is 24.4 Å². The summed E-state index contributed by atoms with van der Waals surface area (Å²) in [6.07, 6.45) is -3.10. The maximum Gasteiger partial charge on any atom is 0.337 e. The topological polar surface area (TPSA) is 47.6 Å². The van der Waals surface area contributed by atoms with Crippen LogP contribution in [0.3, 0.4) is 0 Å². The molecule has 0 spiro atoms. The summed E-state index contributed by atoms with van der Waals surface area (Å²) in [5.74, 6) is 0.229. The fraction of sp³-hybridized carbons (Fsp3) is 0.160. The zero-order valence-electron chi connectivity index (χ0n) is 17.5. The van der Waals surface area contributed by atoms with Gasteiger partial charge in [0.1, 0.15) is 11.9 Å². The molecular formula is C25H23BrNO3PS. The highest BCUT2D eigenvalue weighted by molar-refractivity contribution is 9.10. The number of hydrogen-bond donors (Lipinski definition) is 1. The highest BCUT2D eigenvalue weighted by Gasteiger charge is 2.42. The molecule has 0 saturated carbocycles. The van der Waals surface area contributed by atoms with Crippen LogP contribution in [0.2, 0.25) is 0 Å². The lowest BCUT2D eigenvalue weighted by Gasteiger charge is -2.31. The molecule has 4 rings (SSSR count). The predicted molar refractivity (Wildman–Crippen MR) is 137 cm³/mol. The molecule has 164 valence electrons. The molecule has 32 heavy (non-hydrogen) atoms. The summed E-state index contributed by atoms with van der Waals surface area (Å²) in [4.78, 5) is 12.5. The third kappa shape index (κ3) is 4.46. The lowest BCUT2D eigenvalue weighted by atomic mass is 10.00. The van der Waals surface area contributed by atoms with Crippen molar-refractivity contribution in [2.45, 2.75) is 19.1 Å². The van der Waals surface area contributed by atoms with Gasteiger partial charge >= 0.3 is 5.97 Å². The minimum absolute atomic E-state index is 0.263. The van der Waals surface area contributed by atoms with E-state index in [-0.39, 0.29) is 18.2 Å². The second-order valence-corrected chi connectivity index (χ2v) is 12.4. The smallest absolute Gasteiger partial charge is 0.337 e. The van der Waals surface area contributed by atoms with Crippen molar-refractivity contribution in [1.82, 2.24) is 5.09 Å². The van der Waals surface area contributed by atoms with Crippen molar-refractivity contribution in [1.29, 1.82) is 0 Å². The van der Waals surface area contributed by atoms with Crippen LogP contribution < -0.4 is 20.4 Å². The zero-order chi connectivity index (χ0) is 22.7. The largest absolute Gasteiger partial charge is 0.483 e. The normalized spacial score (nSPS) is 17.3. The Hall–Kier alpha value is -2.24. The Bertz CT molecular complexity index is 1140. The fourth-order valence-corrected chi connectivity index (χ4v) is 7.65. The van der Waals surface area contributed by atoms with Gasteiger partial charge in [0.15, 0.2) is 0 Å². The molecule has 0 aromatic heterocycles. The van der Waals surface area contributed by atoms with Crippen molar-refractivity contribution < 1.29 is 14.3 Å². The maximum atomic E-state index is 12.5. The molecule has 1 heterocycles. The maximum absolute atomic E-state index is 12.5. The molecule has 2 atom stereocenters. The van der Waals surface area contributed by atoms with E-state index in [9.17, 15) is 4.79 Å². The van der Waals surface area contributed by atoms with Gasteiger partial charge in [-0.25, -0.2) is 4.79 Å². The fourth-order valence-electron chi connectivity index (χ4n) is 3.76. The SMILES string of the molecule is C=C(C(=O)OCC)[C@H]1Oc2ccc(Br)cc2[C@@H]1NP(=S)(c1ccccc1)c1ccccc1. The van der Waals surface area contributed by atoms with Gasteiger partial charge in [0, 0.05) is 20.6 Å². The van der Waals surface area contributed by atoms with Gasteiger partial charge in [0.2, 0.25) is 0 Å². The van der Waals surface area contributed by atoms with Crippen LogP contribution in [0, 0.1) is 0 Å².